The average molecular weight is 327 g/mol. The van der Waals surface area contributed by atoms with Crippen molar-refractivity contribution in [1.29, 1.82) is 0 Å². The van der Waals surface area contributed by atoms with E-state index in [1.54, 1.807) is 12.3 Å². The summed E-state index contributed by atoms with van der Waals surface area (Å²) >= 11 is 3.40. The second kappa shape index (κ2) is 5.35. The van der Waals surface area contributed by atoms with E-state index in [1.165, 1.54) is 23.9 Å². The first-order chi connectivity index (χ1) is 9.02. The van der Waals surface area contributed by atoms with Gasteiger partial charge in [-0.15, -0.1) is 5.10 Å². The predicted octanol–water partition coefficient (Wildman–Crippen LogP) is 2.64. The number of nitro benzene ring substituents is 1. The standard InChI is InChI=1S/C11H11BrN4O3/c1-7(12)9-6-15(14-13-9)10-4-3-8(16(17)18)5-11(10)19-2/h3-7H,1-2H3. The molecule has 1 aromatic carbocycles. The van der Waals surface area contributed by atoms with Gasteiger partial charge < -0.3 is 4.74 Å². The monoisotopic (exact) mass is 326 g/mol. The van der Waals surface area contributed by atoms with Crippen molar-refractivity contribution in [3.63, 3.8) is 0 Å². The van der Waals surface area contributed by atoms with Crippen LogP contribution in [-0.2, 0) is 0 Å². The minimum absolute atomic E-state index is 0.0326. The Morgan fingerprint density at radius 3 is 2.79 bits per heavy atom. The second-order valence-electron chi connectivity index (χ2n) is 3.82. The Morgan fingerprint density at radius 2 is 2.26 bits per heavy atom. The molecule has 7 nitrogen and oxygen atoms in total. The minimum Gasteiger partial charge on any atom is -0.494 e. The van der Waals surface area contributed by atoms with Crippen LogP contribution in [-0.4, -0.2) is 27.0 Å². The molecule has 19 heavy (non-hydrogen) atoms. The summed E-state index contributed by atoms with van der Waals surface area (Å²) in [6, 6.07) is 4.33. The van der Waals surface area contributed by atoms with Gasteiger partial charge in [-0.05, 0) is 13.0 Å². The molecule has 0 N–H and O–H groups in total. The number of nitro groups is 1. The summed E-state index contributed by atoms with van der Waals surface area (Å²) in [6.45, 7) is 1.93. The lowest BCUT2D eigenvalue weighted by molar-refractivity contribution is -0.384. The van der Waals surface area contributed by atoms with Gasteiger partial charge in [0.2, 0.25) is 0 Å². The number of alkyl halides is 1. The number of methoxy groups -OCH3 is 1. The molecule has 0 radical (unpaired) electrons. The molecule has 1 heterocycles. The molecule has 0 fully saturated rings. The zero-order valence-electron chi connectivity index (χ0n) is 10.3. The van der Waals surface area contributed by atoms with Crippen LogP contribution in [0.15, 0.2) is 24.4 Å². The van der Waals surface area contributed by atoms with Crippen LogP contribution in [0.2, 0.25) is 0 Å². The summed E-state index contributed by atoms with van der Waals surface area (Å²) in [5.74, 6) is 0.368. The molecule has 0 amide bonds. The fourth-order valence-corrected chi connectivity index (χ4v) is 1.76. The van der Waals surface area contributed by atoms with E-state index in [0.29, 0.717) is 11.4 Å². The van der Waals surface area contributed by atoms with Crippen molar-refractivity contribution >= 4 is 21.6 Å². The van der Waals surface area contributed by atoms with Crippen molar-refractivity contribution in [3.8, 4) is 11.4 Å². The van der Waals surface area contributed by atoms with Crippen molar-refractivity contribution in [2.24, 2.45) is 0 Å². The van der Waals surface area contributed by atoms with Gasteiger partial charge in [0.1, 0.15) is 5.69 Å². The fraction of sp³-hybridized carbons (Fsp3) is 0.273. The van der Waals surface area contributed by atoms with Crippen LogP contribution in [0.3, 0.4) is 0 Å². The van der Waals surface area contributed by atoms with Crippen molar-refractivity contribution < 1.29 is 9.66 Å². The van der Waals surface area contributed by atoms with E-state index >= 15 is 0 Å². The quantitative estimate of drug-likeness (QED) is 0.490. The van der Waals surface area contributed by atoms with Gasteiger partial charge in [-0.2, -0.15) is 0 Å². The van der Waals surface area contributed by atoms with Crippen molar-refractivity contribution in [1.82, 2.24) is 15.0 Å². The molecule has 0 aliphatic carbocycles. The summed E-state index contributed by atoms with van der Waals surface area (Å²) in [5, 5.41) is 18.7. The third-order valence-corrected chi connectivity index (χ3v) is 3.01. The second-order valence-corrected chi connectivity index (χ2v) is 5.19. The van der Waals surface area contributed by atoms with Gasteiger partial charge in [-0.1, -0.05) is 21.1 Å². The van der Waals surface area contributed by atoms with Crippen molar-refractivity contribution in [2.75, 3.05) is 7.11 Å². The van der Waals surface area contributed by atoms with Gasteiger partial charge in [0.25, 0.3) is 5.69 Å². The maximum Gasteiger partial charge on any atom is 0.273 e. The highest BCUT2D eigenvalue weighted by Gasteiger charge is 2.15. The lowest BCUT2D eigenvalue weighted by atomic mass is 10.2. The first-order valence-electron chi connectivity index (χ1n) is 5.42. The lowest BCUT2D eigenvalue weighted by Gasteiger charge is -2.07. The Morgan fingerprint density at radius 1 is 1.53 bits per heavy atom. The molecular weight excluding hydrogens is 316 g/mol. The number of rotatable bonds is 4. The molecule has 8 heteroatoms. The summed E-state index contributed by atoms with van der Waals surface area (Å²) in [7, 11) is 1.45. The average Bonchev–Trinajstić information content (AvgIpc) is 2.87. The Hall–Kier alpha value is -1.96. The van der Waals surface area contributed by atoms with E-state index in [1.807, 2.05) is 6.92 Å². The third kappa shape index (κ3) is 2.73. The highest BCUT2D eigenvalue weighted by molar-refractivity contribution is 9.09. The van der Waals surface area contributed by atoms with Crippen LogP contribution < -0.4 is 4.74 Å². The normalized spacial score (nSPS) is 12.2. The molecule has 0 aliphatic rings. The zero-order valence-corrected chi connectivity index (χ0v) is 11.9. The number of benzene rings is 1. The van der Waals surface area contributed by atoms with E-state index in [0.717, 1.165) is 5.69 Å². The number of hydrogen-bond acceptors (Lipinski definition) is 5. The Labute approximate surface area is 117 Å². The van der Waals surface area contributed by atoms with Gasteiger partial charge in [-0.25, -0.2) is 4.68 Å². The van der Waals surface area contributed by atoms with E-state index in [4.69, 9.17) is 4.74 Å². The molecule has 1 atom stereocenters. The van der Waals surface area contributed by atoms with Crippen LogP contribution >= 0.6 is 15.9 Å². The molecule has 0 saturated carbocycles. The van der Waals surface area contributed by atoms with Crippen LogP contribution in [0.1, 0.15) is 17.4 Å². The van der Waals surface area contributed by atoms with Crippen LogP contribution in [0, 0.1) is 10.1 Å². The van der Waals surface area contributed by atoms with E-state index < -0.39 is 4.92 Å². The molecule has 2 aromatic rings. The van der Waals surface area contributed by atoms with Crippen molar-refractivity contribution in [2.45, 2.75) is 11.8 Å². The van der Waals surface area contributed by atoms with Gasteiger partial charge in [0.15, 0.2) is 5.75 Å². The molecule has 1 unspecified atom stereocenters. The topological polar surface area (TPSA) is 83.1 Å². The van der Waals surface area contributed by atoms with Gasteiger partial charge in [0.05, 0.1) is 34.8 Å². The predicted molar refractivity (Wildman–Crippen MR) is 71.9 cm³/mol. The highest BCUT2D eigenvalue weighted by Crippen LogP contribution is 2.28. The number of aromatic nitrogens is 3. The molecule has 0 spiro atoms. The first kappa shape index (κ1) is 13.5. The Kier molecular flexibility index (Phi) is 3.79. The molecular formula is C11H11BrN4O3. The SMILES string of the molecule is COc1cc([N+](=O)[O-])ccc1-n1cc(C(C)Br)nn1. The fourth-order valence-electron chi connectivity index (χ4n) is 1.55. The van der Waals surface area contributed by atoms with Crippen molar-refractivity contribution in [3.05, 3.63) is 40.2 Å². The summed E-state index contributed by atoms with van der Waals surface area (Å²) in [4.78, 5) is 10.3. The summed E-state index contributed by atoms with van der Waals surface area (Å²) < 4.78 is 6.68. The lowest BCUT2D eigenvalue weighted by Crippen LogP contribution is -2.00. The summed E-state index contributed by atoms with van der Waals surface area (Å²) in [5.41, 5.74) is 1.33. The van der Waals surface area contributed by atoms with E-state index in [-0.39, 0.29) is 10.5 Å². The zero-order chi connectivity index (χ0) is 14.0. The number of nitrogens with zero attached hydrogens (tertiary/aromatic N) is 4. The number of non-ortho nitro benzene ring substituents is 1. The maximum atomic E-state index is 10.7. The molecule has 1 aromatic heterocycles. The number of hydrogen-bond donors (Lipinski definition) is 0. The smallest absolute Gasteiger partial charge is 0.273 e. The van der Waals surface area contributed by atoms with Crippen LogP contribution in [0.25, 0.3) is 5.69 Å². The molecule has 0 aliphatic heterocycles. The van der Waals surface area contributed by atoms with Gasteiger partial charge >= 0.3 is 0 Å². The Bertz CT molecular complexity index is 612. The van der Waals surface area contributed by atoms with Gasteiger partial charge in [-0.3, -0.25) is 10.1 Å². The first-order valence-corrected chi connectivity index (χ1v) is 6.33. The van der Waals surface area contributed by atoms with Gasteiger partial charge in [0, 0.05) is 6.07 Å². The minimum atomic E-state index is -0.473. The van der Waals surface area contributed by atoms with E-state index in [2.05, 4.69) is 26.2 Å². The largest absolute Gasteiger partial charge is 0.494 e. The number of ether oxygens (including phenoxy) is 1. The number of halogens is 1. The molecule has 100 valence electrons. The maximum absolute atomic E-state index is 10.7. The molecule has 0 bridgehead atoms. The summed E-state index contributed by atoms with van der Waals surface area (Å²) in [6.07, 6.45) is 1.74. The van der Waals surface area contributed by atoms with Crippen LogP contribution in [0.5, 0.6) is 5.75 Å². The molecule has 0 saturated heterocycles. The highest BCUT2D eigenvalue weighted by atomic mass is 79.9. The third-order valence-electron chi connectivity index (χ3n) is 2.54. The van der Waals surface area contributed by atoms with E-state index in [9.17, 15) is 10.1 Å². The van der Waals surface area contributed by atoms with Crippen LogP contribution in [0.4, 0.5) is 5.69 Å². The Balaban J connectivity index is 2.46. The molecule has 2 rings (SSSR count).